The number of benzene rings is 3. The second kappa shape index (κ2) is 8.33. The summed E-state index contributed by atoms with van der Waals surface area (Å²) in [5, 5.41) is 0. The van der Waals surface area contributed by atoms with Gasteiger partial charge in [-0.3, -0.25) is 0 Å². The molecule has 0 fully saturated rings. The van der Waals surface area contributed by atoms with E-state index in [1.165, 1.54) is 8.92 Å². The van der Waals surface area contributed by atoms with Crippen molar-refractivity contribution < 1.29 is 9.59 Å². The van der Waals surface area contributed by atoms with Crippen LogP contribution in [-0.2, 0) is 0 Å². The molecule has 0 spiro atoms. The minimum atomic E-state index is -0.380. The molecular weight excluding hydrogens is 502 g/mol. The first-order chi connectivity index (χ1) is 14.7. The molecule has 30 heavy (non-hydrogen) atoms. The second-order valence-corrected chi connectivity index (χ2v) is 11.9. The van der Waals surface area contributed by atoms with Gasteiger partial charge in [-0.05, 0) is 0 Å². The van der Waals surface area contributed by atoms with Gasteiger partial charge in [0.25, 0.3) is 0 Å². The molecule has 0 aliphatic heterocycles. The molecule has 2 aliphatic rings. The van der Waals surface area contributed by atoms with Gasteiger partial charge >= 0.3 is 189 Å². The van der Waals surface area contributed by atoms with Crippen LogP contribution in [-0.4, -0.2) is 41.5 Å². The Morgan fingerprint density at radius 3 is 2.03 bits per heavy atom. The van der Waals surface area contributed by atoms with Crippen LogP contribution in [0, 0.1) is 11.8 Å². The topological polar surface area (TPSA) is 34.1 Å². The Balaban J connectivity index is 1.55. The van der Waals surface area contributed by atoms with Gasteiger partial charge in [0.05, 0.1) is 0 Å². The van der Waals surface area contributed by atoms with E-state index in [1.807, 2.05) is 66.7 Å². The van der Waals surface area contributed by atoms with Crippen LogP contribution < -0.4 is 13.4 Å². The molecule has 0 saturated heterocycles. The molecule has 2 atom stereocenters. The number of allylic oxidation sites excluding steroid dienone is 4. The minimum absolute atomic E-state index is 0.0158. The van der Waals surface area contributed by atoms with Gasteiger partial charge in [-0.15, -0.1) is 0 Å². The molecule has 2 aliphatic carbocycles. The molecule has 0 aromatic heterocycles. The van der Waals surface area contributed by atoms with Gasteiger partial charge in [0.2, 0.25) is 0 Å². The van der Waals surface area contributed by atoms with Crippen molar-refractivity contribution in [3.8, 4) is 0 Å². The molecule has 0 amide bonds. The zero-order valence-electron chi connectivity index (χ0n) is 16.0. The summed E-state index contributed by atoms with van der Waals surface area (Å²) in [4.78, 5) is 27.2. The van der Waals surface area contributed by atoms with E-state index in [4.69, 9.17) is 0 Å². The standard InChI is InChI=1S/C26H18O2Se2/c27-25-19-13-7-15-21(29-17-9-3-1-4-10-17)23(19)26(28)24-20(25)14-8-16-22(24)30-18-11-5-2-6-12-18/h1-16,19,23H. The fourth-order valence-electron chi connectivity index (χ4n) is 3.94. The van der Waals surface area contributed by atoms with Gasteiger partial charge < -0.3 is 0 Å². The molecule has 0 N–H and O–H groups in total. The summed E-state index contributed by atoms with van der Waals surface area (Å²) in [7, 11) is 0. The normalized spacial score (nSPS) is 19.8. The van der Waals surface area contributed by atoms with Crippen molar-refractivity contribution in [2.24, 2.45) is 11.8 Å². The van der Waals surface area contributed by atoms with Gasteiger partial charge in [-0.2, -0.15) is 0 Å². The van der Waals surface area contributed by atoms with Gasteiger partial charge in [0.1, 0.15) is 0 Å². The summed E-state index contributed by atoms with van der Waals surface area (Å²) >= 11 is -0.00374. The predicted molar refractivity (Wildman–Crippen MR) is 123 cm³/mol. The van der Waals surface area contributed by atoms with E-state index < -0.39 is 0 Å². The van der Waals surface area contributed by atoms with E-state index in [9.17, 15) is 9.59 Å². The maximum atomic E-state index is 13.8. The summed E-state index contributed by atoms with van der Waals surface area (Å²) in [6.07, 6.45) is 5.91. The quantitative estimate of drug-likeness (QED) is 0.496. The van der Waals surface area contributed by atoms with Crippen molar-refractivity contribution >= 4 is 54.9 Å². The number of rotatable bonds is 4. The summed E-state index contributed by atoms with van der Waals surface area (Å²) in [5.74, 6) is -0.569. The van der Waals surface area contributed by atoms with E-state index in [1.54, 1.807) is 0 Å². The van der Waals surface area contributed by atoms with Gasteiger partial charge in [0.15, 0.2) is 0 Å². The molecule has 0 bridgehead atoms. The Labute approximate surface area is 188 Å². The molecule has 4 heteroatoms. The van der Waals surface area contributed by atoms with Crippen LogP contribution in [0.3, 0.4) is 0 Å². The van der Waals surface area contributed by atoms with E-state index in [0.717, 1.165) is 8.93 Å². The SMILES string of the molecule is O=C1c2cccc([Se]c3ccccc3)c2C(=O)C2C([Se]c3ccccc3)=CC=CC12. The Hall–Kier alpha value is -2.48. The summed E-state index contributed by atoms with van der Waals surface area (Å²) in [6, 6.07) is 26.2. The van der Waals surface area contributed by atoms with E-state index in [2.05, 4.69) is 30.3 Å². The molecule has 146 valence electrons. The number of ketones is 2. The van der Waals surface area contributed by atoms with Crippen molar-refractivity contribution in [3.63, 3.8) is 0 Å². The van der Waals surface area contributed by atoms with Crippen LogP contribution in [0.25, 0.3) is 0 Å². The summed E-state index contributed by atoms with van der Waals surface area (Å²) in [5.41, 5.74) is 1.24. The predicted octanol–water partition coefficient (Wildman–Crippen LogP) is 2.44. The van der Waals surface area contributed by atoms with E-state index >= 15 is 0 Å². The first-order valence-corrected chi connectivity index (χ1v) is 13.2. The van der Waals surface area contributed by atoms with Crippen LogP contribution in [0.2, 0.25) is 0 Å². The zero-order valence-corrected chi connectivity index (χ0v) is 19.5. The molecule has 3 aromatic carbocycles. The number of Topliss-reactive ketones (excluding diaryl/α,β-unsaturated/α-hetero) is 2. The fraction of sp³-hybridized carbons (Fsp3) is 0.0769. The summed E-state index contributed by atoms with van der Waals surface area (Å²) in [6.45, 7) is 0. The molecule has 2 unspecified atom stereocenters. The van der Waals surface area contributed by atoms with Crippen LogP contribution in [0.15, 0.2) is 102 Å². The molecule has 0 saturated carbocycles. The first kappa shape index (κ1) is 19.5. The third-order valence-corrected chi connectivity index (χ3v) is 9.94. The Kier molecular flexibility index (Phi) is 5.41. The fourth-order valence-corrected chi connectivity index (χ4v) is 8.35. The Morgan fingerprint density at radius 1 is 0.667 bits per heavy atom. The number of hydrogen-bond donors (Lipinski definition) is 0. The monoisotopic (exact) mass is 522 g/mol. The molecule has 3 aromatic rings. The van der Waals surface area contributed by atoms with Crippen LogP contribution >= 0.6 is 0 Å². The number of carbonyl (C=O) groups excluding carboxylic acids is 2. The number of fused-ring (bicyclic) bond motifs is 2. The summed E-state index contributed by atoms with van der Waals surface area (Å²) < 4.78 is 4.52. The Morgan fingerprint density at radius 2 is 1.33 bits per heavy atom. The maximum absolute atomic E-state index is 13.8. The third-order valence-electron chi connectivity index (χ3n) is 5.32. The molecule has 0 heterocycles. The average Bonchev–Trinajstić information content (AvgIpc) is 2.79. The van der Waals surface area contributed by atoms with Crippen LogP contribution in [0.4, 0.5) is 0 Å². The average molecular weight is 520 g/mol. The second-order valence-electron chi connectivity index (χ2n) is 7.19. The van der Waals surface area contributed by atoms with Crippen molar-refractivity contribution in [2.75, 3.05) is 0 Å². The van der Waals surface area contributed by atoms with Gasteiger partial charge in [-0.25, -0.2) is 0 Å². The van der Waals surface area contributed by atoms with Gasteiger partial charge in [0, 0.05) is 0 Å². The Bertz CT molecular complexity index is 1180. The van der Waals surface area contributed by atoms with E-state index in [0.29, 0.717) is 11.1 Å². The van der Waals surface area contributed by atoms with Crippen molar-refractivity contribution in [3.05, 3.63) is 113 Å². The first-order valence-electron chi connectivity index (χ1n) is 9.78. The molecule has 5 rings (SSSR count). The molecule has 0 radical (unpaired) electrons. The number of hydrogen-bond acceptors (Lipinski definition) is 2. The van der Waals surface area contributed by atoms with Crippen molar-refractivity contribution in [1.29, 1.82) is 0 Å². The third kappa shape index (κ3) is 3.57. The molecular formula is C26H18O2Se2. The van der Waals surface area contributed by atoms with Gasteiger partial charge in [-0.1, -0.05) is 0 Å². The zero-order chi connectivity index (χ0) is 20.5. The van der Waals surface area contributed by atoms with Crippen LogP contribution in [0.1, 0.15) is 20.7 Å². The van der Waals surface area contributed by atoms with E-state index in [-0.39, 0.29) is 53.3 Å². The van der Waals surface area contributed by atoms with Crippen molar-refractivity contribution in [1.82, 2.24) is 0 Å². The molecule has 2 nitrogen and oxygen atoms in total. The van der Waals surface area contributed by atoms with Crippen molar-refractivity contribution in [2.45, 2.75) is 0 Å². The number of carbonyl (C=O) groups is 2. The van der Waals surface area contributed by atoms with Crippen LogP contribution in [0.5, 0.6) is 0 Å².